The number of aldehydes is 1. The molecule has 0 atom stereocenters. The number of hydrogen-bond donors (Lipinski definition) is 0. The lowest BCUT2D eigenvalue weighted by atomic mass is 10.5. The Kier molecular flexibility index (Phi) is 3.53. The highest BCUT2D eigenvalue weighted by Gasteiger charge is 2.17. The normalized spacial score (nSPS) is 17.2. The number of carbonyl (C=O) groups is 2. The predicted octanol–water partition coefficient (Wildman–Crippen LogP) is -0.346. The maximum absolute atomic E-state index is 11.0. The highest BCUT2D eigenvalue weighted by Crippen LogP contribution is 1.98. The average molecular weight is 173 g/mol. The Labute approximate surface area is 70.2 Å². The summed E-state index contributed by atoms with van der Waals surface area (Å²) in [6.45, 7) is 1.98. The molecule has 0 unspecified atom stereocenters. The molecule has 1 rings (SSSR count). The molecule has 12 heavy (non-hydrogen) atoms. The van der Waals surface area contributed by atoms with Gasteiger partial charge in [0.15, 0.2) is 6.29 Å². The van der Waals surface area contributed by atoms with Gasteiger partial charge in [-0.1, -0.05) is 0 Å². The zero-order valence-corrected chi connectivity index (χ0v) is 6.69. The summed E-state index contributed by atoms with van der Waals surface area (Å²) in [6, 6.07) is 0. The number of ether oxygens (including phenoxy) is 2. The third-order valence-corrected chi connectivity index (χ3v) is 1.54. The second-order valence-corrected chi connectivity index (χ2v) is 2.34. The number of carbonyl (C=O) groups excluding carboxylic acids is 2. The SMILES string of the molecule is O=CCOC(=O)N1CCOCC1. The average Bonchev–Trinajstić information content (AvgIpc) is 2.15. The van der Waals surface area contributed by atoms with Gasteiger partial charge in [0, 0.05) is 13.1 Å². The molecule has 0 bridgehead atoms. The zero-order chi connectivity index (χ0) is 8.81. The quantitative estimate of drug-likeness (QED) is 0.536. The predicted molar refractivity (Wildman–Crippen MR) is 39.8 cm³/mol. The van der Waals surface area contributed by atoms with E-state index in [9.17, 15) is 9.59 Å². The van der Waals surface area contributed by atoms with E-state index in [2.05, 4.69) is 4.74 Å². The first-order valence-corrected chi connectivity index (χ1v) is 3.77. The largest absolute Gasteiger partial charge is 0.442 e. The van der Waals surface area contributed by atoms with E-state index in [1.54, 1.807) is 0 Å². The summed E-state index contributed by atoms with van der Waals surface area (Å²) in [6.07, 6.45) is 0.114. The smallest absolute Gasteiger partial charge is 0.410 e. The molecular formula is C7H11NO4. The highest BCUT2D eigenvalue weighted by molar-refractivity contribution is 5.69. The van der Waals surface area contributed by atoms with Gasteiger partial charge in [-0.3, -0.25) is 4.79 Å². The van der Waals surface area contributed by atoms with Crippen molar-refractivity contribution in [3.63, 3.8) is 0 Å². The maximum Gasteiger partial charge on any atom is 0.410 e. The fraction of sp³-hybridized carbons (Fsp3) is 0.714. The van der Waals surface area contributed by atoms with Crippen LogP contribution in [0.15, 0.2) is 0 Å². The molecule has 1 fully saturated rings. The van der Waals surface area contributed by atoms with Crippen molar-refractivity contribution in [3.8, 4) is 0 Å². The summed E-state index contributed by atoms with van der Waals surface area (Å²) in [5.41, 5.74) is 0. The van der Waals surface area contributed by atoms with E-state index in [0.717, 1.165) is 0 Å². The van der Waals surface area contributed by atoms with Gasteiger partial charge in [-0.05, 0) is 0 Å². The number of morpholine rings is 1. The highest BCUT2D eigenvalue weighted by atomic mass is 16.6. The molecule has 0 radical (unpaired) electrons. The first kappa shape index (κ1) is 8.99. The van der Waals surface area contributed by atoms with Crippen LogP contribution in [0.4, 0.5) is 4.79 Å². The molecule has 1 aliphatic rings. The summed E-state index contributed by atoms with van der Waals surface area (Å²) in [5, 5.41) is 0. The van der Waals surface area contributed by atoms with Crippen LogP contribution in [0.5, 0.6) is 0 Å². The molecule has 0 aromatic rings. The fourth-order valence-electron chi connectivity index (χ4n) is 0.943. The lowest BCUT2D eigenvalue weighted by Gasteiger charge is -2.25. The summed E-state index contributed by atoms with van der Waals surface area (Å²) in [5.74, 6) is 0. The van der Waals surface area contributed by atoms with E-state index in [1.807, 2.05) is 0 Å². The lowest BCUT2D eigenvalue weighted by molar-refractivity contribution is -0.110. The molecular weight excluding hydrogens is 162 g/mol. The van der Waals surface area contributed by atoms with Gasteiger partial charge in [0.25, 0.3) is 0 Å². The molecule has 0 aliphatic carbocycles. The zero-order valence-electron chi connectivity index (χ0n) is 6.69. The van der Waals surface area contributed by atoms with Crippen LogP contribution in [0.25, 0.3) is 0 Å². The van der Waals surface area contributed by atoms with Gasteiger partial charge in [-0.25, -0.2) is 4.79 Å². The molecule has 0 aromatic heterocycles. The van der Waals surface area contributed by atoms with Crippen LogP contribution in [0.1, 0.15) is 0 Å². The molecule has 0 N–H and O–H groups in total. The Morgan fingerprint density at radius 2 is 2.17 bits per heavy atom. The minimum Gasteiger partial charge on any atom is -0.442 e. The van der Waals surface area contributed by atoms with Gasteiger partial charge in [-0.2, -0.15) is 0 Å². The molecule has 5 heteroatoms. The van der Waals surface area contributed by atoms with Crippen molar-refractivity contribution in [2.24, 2.45) is 0 Å². The number of rotatable bonds is 2. The Balaban J connectivity index is 2.24. The number of hydrogen-bond acceptors (Lipinski definition) is 4. The van der Waals surface area contributed by atoms with Gasteiger partial charge >= 0.3 is 6.09 Å². The minimum absolute atomic E-state index is 0.170. The molecule has 5 nitrogen and oxygen atoms in total. The third-order valence-electron chi connectivity index (χ3n) is 1.54. The molecule has 0 aromatic carbocycles. The third kappa shape index (κ3) is 2.50. The summed E-state index contributed by atoms with van der Waals surface area (Å²) < 4.78 is 9.63. The van der Waals surface area contributed by atoms with Gasteiger partial charge in [0.2, 0.25) is 0 Å². The molecule has 1 aliphatic heterocycles. The van der Waals surface area contributed by atoms with Gasteiger partial charge in [0.1, 0.15) is 6.61 Å². The van der Waals surface area contributed by atoms with Crippen molar-refractivity contribution in [2.75, 3.05) is 32.9 Å². The monoisotopic (exact) mass is 173 g/mol. The van der Waals surface area contributed by atoms with Crippen LogP contribution in [-0.4, -0.2) is 50.2 Å². The van der Waals surface area contributed by atoms with Crippen molar-refractivity contribution in [3.05, 3.63) is 0 Å². The van der Waals surface area contributed by atoms with Gasteiger partial charge in [0.05, 0.1) is 13.2 Å². The number of amides is 1. The van der Waals surface area contributed by atoms with Crippen molar-refractivity contribution >= 4 is 12.4 Å². The molecule has 68 valence electrons. The van der Waals surface area contributed by atoms with Gasteiger partial charge in [-0.15, -0.1) is 0 Å². The van der Waals surface area contributed by atoms with Crippen molar-refractivity contribution in [2.45, 2.75) is 0 Å². The minimum atomic E-state index is -0.439. The van der Waals surface area contributed by atoms with Gasteiger partial charge < -0.3 is 14.4 Å². The molecule has 0 spiro atoms. The summed E-state index contributed by atoms with van der Waals surface area (Å²) >= 11 is 0. The molecule has 1 saturated heterocycles. The molecule has 1 heterocycles. The number of nitrogens with zero attached hydrogens (tertiary/aromatic N) is 1. The summed E-state index contributed by atoms with van der Waals surface area (Å²) in [4.78, 5) is 22.4. The first-order chi connectivity index (χ1) is 5.84. The first-order valence-electron chi connectivity index (χ1n) is 3.77. The molecule has 0 saturated carbocycles. The Hall–Kier alpha value is -1.10. The van der Waals surface area contributed by atoms with E-state index in [1.165, 1.54) is 4.90 Å². The summed E-state index contributed by atoms with van der Waals surface area (Å²) in [7, 11) is 0. The standard InChI is InChI=1S/C7H11NO4/c9-3-6-12-7(10)8-1-4-11-5-2-8/h3H,1-2,4-6H2. The van der Waals surface area contributed by atoms with E-state index in [4.69, 9.17) is 4.74 Å². The van der Waals surface area contributed by atoms with Crippen LogP contribution in [0, 0.1) is 0 Å². The lowest BCUT2D eigenvalue weighted by Crippen LogP contribution is -2.41. The molecule has 1 amide bonds. The van der Waals surface area contributed by atoms with E-state index < -0.39 is 6.09 Å². The van der Waals surface area contributed by atoms with E-state index >= 15 is 0 Å². The Morgan fingerprint density at radius 1 is 1.50 bits per heavy atom. The maximum atomic E-state index is 11.0. The van der Waals surface area contributed by atoms with E-state index in [0.29, 0.717) is 32.6 Å². The Morgan fingerprint density at radius 3 is 2.75 bits per heavy atom. The van der Waals surface area contributed by atoms with Crippen LogP contribution in [0.3, 0.4) is 0 Å². The van der Waals surface area contributed by atoms with Crippen LogP contribution in [0.2, 0.25) is 0 Å². The van der Waals surface area contributed by atoms with Crippen molar-refractivity contribution < 1.29 is 19.1 Å². The Bertz CT molecular complexity index is 165. The topological polar surface area (TPSA) is 55.8 Å². The van der Waals surface area contributed by atoms with Crippen LogP contribution in [-0.2, 0) is 14.3 Å². The van der Waals surface area contributed by atoms with Crippen LogP contribution >= 0.6 is 0 Å². The van der Waals surface area contributed by atoms with E-state index in [-0.39, 0.29) is 6.61 Å². The second kappa shape index (κ2) is 4.71. The second-order valence-electron chi connectivity index (χ2n) is 2.34. The fourth-order valence-corrected chi connectivity index (χ4v) is 0.943. The van der Waals surface area contributed by atoms with Crippen molar-refractivity contribution in [1.82, 2.24) is 4.90 Å². The van der Waals surface area contributed by atoms with Crippen molar-refractivity contribution in [1.29, 1.82) is 0 Å². The van der Waals surface area contributed by atoms with Crippen LogP contribution < -0.4 is 0 Å².